The summed E-state index contributed by atoms with van der Waals surface area (Å²) in [5.41, 5.74) is 3.95. The lowest BCUT2D eigenvalue weighted by atomic mass is 9.91. The average Bonchev–Trinajstić information content (AvgIpc) is 3.32. The van der Waals surface area contributed by atoms with Gasteiger partial charge in [-0.15, -0.1) is 11.3 Å². The smallest absolute Gasteiger partial charge is 0.348 e. The van der Waals surface area contributed by atoms with E-state index in [0.29, 0.717) is 29.0 Å². The van der Waals surface area contributed by atoms with E-state index in [-0.39, 0.29) is 11.9 Å². The maximum Gasteiger partial charge on any atom is 0.348 e. The van der Waals surface area contributed by atoms with Crippen LogP contribution in [0.3, 0.4) is 0 Å². The molecule has 0 saturated heterocycles. The number of allylic oxidation sites excluding steroid dienone is 2. The summed E-state index contributed by atoms with van der Waals surface area (Å²) in [6, 6.07) is 12.4. The summed E-state index contributed by atoms with van der Waals surface area (Å²) in [5, 5.41) is 18.9. The van der Waals surface area contributed by atoms with Crippen molar-refractivity contribution in [2.75, 3.05) is 6.61 Å². The van der Waals surface area contributed by atoms with Crippen LogP contribution < -0.4 is 0 Å². The highest BCUT2D eigenvalue weighted by Crippen LogP contribution is 2.39. The third-order valence-electron chi connectivity index (χ3n) is 4.80. The molecule has 1 heterocycles. The van der Waals surface area contributed by atoms with Crippen LogP contribution in [0.15, 0.2) is 35.9 Å². The van der Waals surface area contributed by atoms with E-state index in [1.54, 1.807) is 6.92 Å². The third-order valence-corrected chi connectivity index (χ3v) is 6.11. The molecule has 3 rings (SSSR count). The Kier molecular flexibility index (Phi) is 5.74. The average molecular weight is 376 g/mol. The van der Waals surface area contributed by atoms with Crippen molar-refractivity contribution in [2.45, 2.75) is 39.0 Å². The van der Waals surface area contributed by atoms with Gasteiger partial charge in [0.25, 0.3) is 0 Å². The number of hydrogen-bond acceptors (Lipinski definition) is 5. The van der Waals surface area contributed by atoms with Gasteiger partial charge in [0.15, 0.2) is 0 Å². The Hall–Kier alpha value is -2.89. The summed E-state index contributed by atoms with van der Waals surface area (Å²) in [6.07, 6.45) is 4.55. The van der Waals surface area contributed by atoms with Gasteiger partial charge in [0.05, 0.1) is 18.2 Å². The van der Waals surface area contributed by atoms with Gasteiger partial charge in [-0.3, -0.25) is 0 Å². The van der Waals surface area contributed by atoms with Crippen molar-refractivity contribution in [1.29, 1.82) is 10.5 Å². The molecule has 1 aromatic carbocycles. The van der Waals surface area contributed by atoms with Crippen LogP contribution in [0.4, 0.5) is 0 Å². The first-order valence-corrected chi connectivity index (χ1v) is 9.89. The third kappa shape index (κ3) is 3.52. The number of hydrogen-bond donors (Lipinski definition) is 0. The molecule has 0 bridgehead atoms. The van der Waals surface area contributed by atoms with Crippen molar-refractivity contribution in [3.63, 3.8) is 0 Å². The molecular weight excluding hydrogens is 356 g/mol. The number of esters is 1. The van der Waals surface area contributed by atoms with E-state index in [9.17, 15) is 15.3 Å². The van der Waals surface area contributed by atoms with Crippen molar-refractivity contribution in [3.8, 4) is 23.3 Å². The Morgan fingerprint density at radius 1 is 1.22 bits per heavy atom. The van der Waals surface area contributed by atoms with E-state index in [2.05, 4.69) is 12.1 Å². The van der Waals surface area contributed by atoms with Crippen molar-refractivity contribution in [2.24, 2.45) is 0 Å². The normalized spacial score (nSPS) is 15.7. The second-order valence-corrected chi connectivity index (χ2v) is 7.42. The maximum atomic E-state index is 12.4. The molecule has 4 nitrogen and oxygen atoms in total. The van der Waals surface area contributed by atoms with Gasteiger partial charge in [-0.25, -0.2) is 4.79 Å². The molecule has 27 heavy (non-hydrogen) atoms. The zero-order chi connectivity index (χ0) is 19.4. The van der Waals surface area contributed by atoms with Crippen LogP contribution in [0, 0.1) is 22.7 Å². The number of nitrogens with zero attached hydrogens (tertiary/aromatic N) is 2. The molecule has 1 aliphatic rings. The summed E-state index contributed by atoms with van der Waals surface area (Å²) in [5.74, 6) is -0.249. The molecule has 0 saturated carbocycles. The molecule has 0 fully saturated rings. The number of aryl methyl sites for hydroxylation is 1. The van der Waals surface area contributed by atoms with Gasteiger partial charge in [-0.05, 0) is 37.3 Å². The van der Waals surface area contributed by atoms with Crippen LogP contribution in [0.1, 0.15) is 58.3 Å². The highest BCUT2D eigenvalue weighted by atomic mass is 32.1. The zero-order valence-electron chi connectivity index (χ0n) is 15.4. The number of carbonyl (C=O) groups excluding carboxylic acids is 1. The van der Waals surface area contributed by atoms with E-state index in [0.717, 1.165) is 34.4 Å². The number of carbonyl (C=O) groups is 1. The van der Waals surface area contributed by atoms with Crippen molar-refractivity contribution in [3.05, 3.63) is 56.8 Å². The molecule has 136 valence electrons. The summed E-state index contributed by atoms with van der Waals surface area (Å²) in [4.78, 5) is 13.8. The number of thiophene rings is 1. The van der Waals surface area contributed by atoms with Gasteiger partial charge in [0, 0.05) is 21.9 Å². The molecule has 2 aromatic rings. The highest BCUT2D eigenvalue weighted by molar-refractivity contribution is 7.14. The first-order valence-electron chi connectivity index (χ1n) is 9.07. The molecule has 0 amide bonds. The lowest BCUT2D eigenvalue weighted by Crippen LogP contribution is -2.04. The summed E-state index contributed by atoms with van der Waals surface area (Å²) < 4.78 is 5.20. The zero-order valence-corrected chi connectivity index (χ0v) is 16.2. The molecule has 5 heteroatoms. The van der Waals surface area contributed by atoms with E-state index < -0.39 is 0 Å². The van der Waals surface area contributed by atoms with Crippen LogP contribution in [-0.2, 0) is 11.2 Å². The first kappa shape index (κ1) is 18.9. The molecule has 0 aliphatic heterocycles. The molecule has 0 N–H and O–H groups in total. The molecular formula is C22H20N2O2S. The molecule has 1 aliphatic carbocycles. The summed E-state index contributed by atoms with van der Waals surface area (Å²) in [7, 11) is 0. The fraction of sp³-hybridized carbons (Fsp3) is 0.318. The van der Waals surface area contributed by atoms with Crippen LogP contribution in [0.5, 0.6) is 0 Å². The van der Waals surface area contributed by atoms with Crippen molar-refractivity contribution in [1.82, 2.24) is 0 Å². The van der Waals surface area contributed by atoms with Gasteiger partial charge in [-0.2, -0.15) is 10.5 Å². The molecule has 1 atom stereocenters. The fourth-order valence-electron chi connectivity index (χ4n) is 3.52. The SMILES string of the molecule is CCOC(=O)c1sc(CC)c(C#N)c1-c1ccc([C@H]2CCC=C2C#N)cc1. The Labute approximate surface area is 163 Å². The van der Waals surface area contributed by atoms with Gasteiger partial charge < -0.3 is 4.74 Å². The number of nitriles is 2. The van der Waals surface area contributed by atoms with Crippen molar-refractivity contribution >= 4 is 17.3 Å². The number of ether oxygens (including phenoxy) is 1. The fourth-order valence-corrected chi connectivity index (χ4v) is 4.62. The van der Waals surface area contributed by atoms with Gasteiger partial charge in [-0.1, -0.05) is 37.3 Å². The second kappa shape index (κ2) is 8.20. The Morgan fingerprint density at radius 2 is 1.96 bits per heavy atom. The maximum absolute atomic E-state index is 12.4. The van der Waals surface area contributed by atoms with Crippen LogP contribution in [0.25, 0.3) is 11.1 Å². The minimum Gasteiger partial charge on any atom is -0.462 e. The highest BCUT2D eigenvalue weighted by Gasteiger charge is 2.25. The minimum atomic E-state index is -0.386. The molecule has 0 radical (unpaired) electrons. The van der Waals surface area contributed by atoms with Crippen molar-refractivity contribution < 1.29 is 9.53 Å². The Bertz CT molecular complexity index is 971. The predicted molar refractivity (Wildman–Crippen MR) is 105 cm³/mol. The molecule has 1 aromatic heterocycles. The summed E-state index contributed by atoms with van der Waals surface area (Å²) in [6.45, 7) is 4.04. The lowest BCUT2D eigenvalue weighted by molar-refractivity contribution is 0.0533. The summed E-state index contributed by atoms with van der Waals surface area (Å²) >= 11 is 1.34. The van der Waals surface area contributed by atoms with Crippen LogP contribution in [0.2, 0.25) is 0 Å². The van der Waals surface area contributed by atoms with Gasteiger partial charge in [0.1, 0.15) is 10.9 Å². The van der Waals surface area contributed by atoms with Crippen LogP contribution >= 0.6 is 11.3 Å². The standard InChI is InChI=1S/C22H20N2O2S/c1-3-19-18(13-24)20(21(27-19)22(25)26-4-2)15-10-8-14(9-11-15)17-7-5-6-16(17)12-23/h6,8-11,17H,3-5,7H2,1-2H3/t17-/m1/s1. The van der Waals surface area contributed by atoms with Gasteiger partial charge in [0.2, 0.25) is 0 Å². The quantitative estimate of drug-likeness (QED) is 0.659. The van der Waals surface area contributed by atoms with E-state index in [1.807, 2.05) is 37.3 Å². The molecule has 0 spiro atoms. The minimum absolute atomic E-state index is 0.137. The predicted octanol–water partition coefficient (Wildman–Crippen LogP) is 5.35. The molecule has 0 unspecified atom stereocenters. The largest absolute Gasteiger partial charge is 0.462 e. The van der Waals surface area contributed by atoms with Gasteiger partial charge >= 0.3 is 5.97 Å². The second-order valence-electron chi connectivity index (χ2n) is 6.31. The monoisotopic (exact) mass is 376 g/mol. The number of benzene rings is 1. The Morgan fingerprint density at radius 3 is 2.56 bits per heavy atom. The number of rotatable bonds is 5. The topological polar surface area (TPSA) is 73.9 Å². The van der Waals surface area contributed by atoms with Crippen LogP contribution in [-0.4, -0.2) is 12.6 Å². The van der Waals surface area contributed by atoms with E-state index >= 15 is 0 Å². The first-order chi connectivity index (χ1) is 13.1. The van der Waals surface area contributed by atoms with E-state index in [4.69, 9.17) is 4.74 Å². The lowest BCUT2D eigenvalue weighted by Gasteiger charge is -2.12. The van der Waals surface area contributed by atoms with E-state index in [1.165, 1.54) is 11.3 Å². The Balaban J connectivity index is 2.04.